The first-order chi connectivity index (χ1) is 12.3. The summed E-state index contributed by atoms with van der Waals surface area (Å²) in [5.74, 6) is 0.800. The van der Waals surface area contributed by atoms with Crippen molar-refractivity contribution in [3.05, 3.63) is 52.7 Å². The minimum absolute atomic E-state index is 0. The van der Waals surface area contributed by atoms with E-state index in [0.717, 1.165) is 6.54 Å². The molecule has 1 aromatic carbocycles. The van der Waals surface area contributed by atoms with Crippen LogP contribution in [0.3, 0.4) is 0 Å². The maximum atomic E-state index is 12.3. The standard InChI is InChI=1S/C19H27N3O2S2.HI/c1-19(2,17-11-7-13-25-17)15-22-18(20-3)21-12-8-14-26(23,24)16-9-5-4-6-10-16;/h4-7,9-11,13H,8,12,14-15H2,1-3H3,(H2,20,21,22);1H. The van der Waals surface area contributed by atoms with Crippen molar-refractivity contribution in [2.45, 2.75) is 30.6 Å². The second-order valence-corrected chi connectivity index (χ2v) is 9.76. The molecule has 0 amide bonds. The van der Waals surface area contributed by atoms with Gasteiger partial charge in [-0.2, -0.15) is 0 Å². The number of sulfone groups is 1. The van der Waals surface area contributed by atoms with Crippen LogP contribution in [0.15, 0.2) is 57.7 Å². The zero-order valence-electron chi connectivity index (χ0n) is 15.9. The lowest BCUT2D eigenvalue weighted by Gasteiger charge is -2.25. The number of guanidine groups is 1. The Kier molecular flexibility index (Phi) is 9.75. The van der Waals surface area contributed by atoms with Gasteiger partial charge in [0.25, 0.3) is 0 Å². The summed E-state index contributed by atoms with van der Waals surface area (Å²) in [6.45, 7) is 5.66. The van der Waals surface area contributed by atoms with Crippen molar-refractivity contribution >= 4 is 51.1 Å². The molecule has 2 N–H and O–H groups in total. The topological polar surface area (TPSA) is 70.6 Å². The van der Waals surface area contributed by atoms with Crippen LogP contribution in [0.4, 0.5) is 0 Å². The number of hydrogen-bond donors (Lipinski definition) is 2. The second kappa shape index (κ2) is 11.0. The Hall–Kier alpha value is -1.13. The Bertz CT molecular complexity index is 805. The van der Waals surface area contributed by atoms with Crippen LogP contribution in [-0.4, -0.2) is 40.3 Å². The van der Waals surface area contributed by atoms with Crippen molar-refractivity contribution in [1.82, 2.24) is 10.6 Å². The first-order valence-corrected chi connectivity index (χ1v) is 11.1. The highest BCUT2D eigenvalue weighted by Crippen LogP contribution is 2.26. The fourth-order valence-electron chi connectivity index (χ4n) is 2.49. The minimum atomic E-state index is -3.23. The molecule has 0 atom stereocenters. The van der Waals surface area contributed by atoms with Crippen molar-refractivity contribution in [2.24, 2.45) is 4.99 Å². The van der Waals surface area contributed by atoms with E-state index < -0.39 is 9.84 Å². The zero-order chi connectivity index (χ0) is 19.0. The van der Waals surface area contributed by atoms with E-state index in [1.807, 2.05) is 6.07 Å². The van der Waals surface area contributed by atoms with Gasteiger partial charge in [-0.05, 0) is 30.0 Å². The van der Waals surface area contributed by atoms with Gasteiger partial charge in [0.05, 0.1) is 10.6 Å². The Balaban J connectivity index is 0.00000364. The summed E-state index contributed by atoms with van der Waals surface area (Å²) in [5.41, 5.74) is 0.00242. The van der Waals surface area contributed by atoms with Gasteiger partial charge in [-0.25, -0.2) is 8.42 Å². The molecule has 0 saturated heterocycles. The van der Waals surface area contributed by atoms with E-state index in [1.54, 1.807) is 42.6 Å². The number of nitrogens with zero attached hydrogens (tertiary/aromatic N) is 1. The van der Waals surface area contributed by atoms with E-state index in [0.29, 0.717) is 23.8 Å². The quantitative estimate of drug-likeness (QED) is 0.241. The molecule has 0 spiro atoms. The molecule has 0 radical (unpaired) electrons. The van der Waals surface area contributed by atoms with Crippen LogP contribution in [0.2, 0.25) is 0 Å². The van der Waals surface area contributed by atoms with Crippen LogP contribution < -0.4 is 10.6 Å². The van der Waals surface area contributed by atoms with Gasteiger partial charge in [0.15, 0.2) is 15.8 Å². The molecule has 1 aromatic heterocycles. The van der Waals surface area contributed by atoms with Crippen LogP contribution in [0.25, 0.3) is 0 Å². The highest BCUT2D eigenvalue weighted by atomic mass is 127. The van der Waals surface area contributed by atoms with Crippen molar-refractivity contribution < 1.29 is 8.42 Å². The Morgan fingerprint density at radius 1 is 1.11 bits per heavy atom. The van der Waals surface area contributed by atoms with E-state index in [9.17, 15) is 8.42 Å². The number of thiophene rings is 1. The monoisotopic (exact) mass is 521 g/mol. The molecule has 0 saturated carbocycles. The Labute approximate surface area is 183 Å². The van der Waals surface area contributed by atoms with E-state index in [-0.39, 0.29) is 35.1 Å². The molecule has 2 rings (SSSR count). The first kappa shape index (κ1) is 23.9. The lowest BCUT2D eigenvalue weighted by Crippen LogP contribution is -2.43. The first-order valence-electron chi connectivity index (χ1n) is 8.61. The van der Waals surface area contributed by atoms with Crippen molar-refractivity contribution in [3.63, 3.8) is 0 Å². The number of hydrogen-bond acceptors (Lipinski definition) is 4. The van der Waals surface area contributed by atoms with E-state index in [1.165, 1.54) is 4.88 Å². The average Bonchev–Trinajstić information content (AvgIpc) is 3.17. The number of rotatable bonds is 8. The van der Waals surface area contributed by atoms with Gasteiger partial charge in [0.1, 0.15) is 0 Å². The van der Waals surface area contributed by atoms with Crippen molar-refractivity contribution in [2.75, 3.05) is 25.9 Å². The van der Waals surface area contributed by atoms with E-state index in [2.05, 4.69) is 47.0 Å². The Morgan fingerprint density at radius 3 is 2.41 bits per heavy atom. The third kappa shape index (κ3) is 7.42. The van der Waals surface area contributed by atoms with Gasteiger partial charge < -0.3 is 10.6 Å². The predicted octanol–water partition coefficient (Wildman–Crippen LogP) is 3.67. The summed E-state index contributed by atoms with van der Waals surface area (Å²) in [7, 11) is -1.51. The summed E-state index contributed by atoms with van der Waals surface area (Å²) < 4.78 is 24.5. The molecular weight excluding hydrogens is 493 g/mol. The molecular formula is C19H28IN3O2S2. The van der Waals surface area contributed by atoms with Crippen molar-refractivity contribution in [1.29, 1.82) is 0 Å². The molecule has 150 valence electrons. The maximum Gasteiger partial charge on any atom is 0.191 e. The van der Waals surface area contributed by atoms with Crippen LogP contribution >= 0.6 is 35.3 Å². The molecule has 0 aliphatic carbocycles. The van der Waals surface area contributed by atoms with Gasteiger partial charge in [0.2, 0.25) is 0 Å². The summed E-state index contributed by atoms with van der Waals surface area (Å²) >= 11 is 1.74. The molecule has 0 fully saturated rings. The summed E-state index contributed by atoms with van der Waals surface area (Å²) in [4.78, 5) is 5.90. The van der Waals surface area contributed by atoms with Crippen molar-refractivity contribution in [3.8, 4) is 0 Å². The van der Waals surface area contributed by atoms with Gasteiger partial charge in [-0.1, -0.05) is 38.1 Å². The number of benzene rings is 1. The van der Waals surface area contributed by atoms with Crippen LogP contribution in [0, 0.1) is 0 Å². The van der Waals surface area contributed by atoms with E-state index >= 15 is 0 Å². The smallest absolute Gasteiger partial charge is 0.191 e. The molecule has 0 aliphatic rings. The third-order valence-corrected chi connectivity index (χ3v) is 7.15. The molecule has 27 heavy (non-hydrogen) atoms. The van der Waals surface area contributed by atoms with Crippen LogP contribution in [0.1, 0.15) is 25.1 Å². The number of aliphatic imine (C=N–C) groups is 1. The summed E-state index contributed by atoms with van der Waals surface area (Å²) in [6, 6.07) is 12.8. The lowest BCUT2D eigenvalue weighted by atomic mass is 9.91. The molecule has 8 heteroatoms. The normalized spacial score (nSPS) is 12.3. The average molecular weight is 521 g/mol. The zero-order valence-corrected chi connectivity index (χ0v) is 19.9. The Morgan fingerprint density at radius 2 is 1.81 bits per heavy atom. The van der Waals surface area contributed by atoms with Gasteiger partial charge in [-0.3, -0.25) is 4.99 Å². The van der Waals surface area contributed by atoms with Gasteiger partial charge in [-0.15, -0.1) is 35.3 Å². The van der Waals surface area contributed by atoms with Crippen LogP contribution in [-0.2, 0) is 15.3 Å². The predicted molar refractivity (Wildman–Crippen MR) is 125 cm³/mol. The minimum Gasteiger partial charge on any atom is -0.356 e. The highest BCUT2D eigenvalue weighted by molar-refractivity contribution is 14.0. The molecule has 5 nitrogen and oxygen atoms in total. The number of nitrogens with one attached hydrogen (secondary N) is 2. The van der Waals surface area contributed by atoms with Gasteiger partial charge >= 0.3 is 0 Å². The molecule has 0 bridgehead atoms. The SMILES string of the molecule is CN=C(NCCCS(=O)(=O)c1ccccc1)NCC(C)(C)c1cccs1.I. The molecule has 1 heterocycles. The molecule has 0 aliphatic heterocycles. The number of halogens is 1. The summed E-state index contributed by atoms with van der Waals surface area (Å²) in [5, 5.41) is 8.59. The third-order valence-electron chi connectivity index (χ3n) is 4.09. The molecule has 0 unspecified atom stereocenters. The summed E-state index contributed by atoms with van der Waals surface area (Å²) in [6.07, 6.45) is 0.520. The van der Waals surface area contributed by atoms with Gasteiger partial charge in [0, 0.05) is 30.4 Å². The maximum absolute atomic E-state index is 12.3. The lowest BCUT2D eigenvalue weighted by molar-refractivity contribution is 0.518. The fraction of sp³-hybridized carbons (Fsp3) is 0.421. The fourth-order valence-corrected chi connectivity index (χ4v) is 4.67. The largest absolute Gasteiger partial charge is 0.356 e. The second-order valence-electron chi connectivity index (χ2n) is 6.70. The highest BCUT2D eigenvalue weighted by Gasteiger charge is 2.22. The van der Waals surface area contributed by atoms with E-state index in [4.69, 9.17) is 0 Å². The van der Waals surface area contributed by atoms with Crippen LogP contribution in [0.5, 0.6) is 0 Å². The molecule has 2 aromatic rings.